The summed E-state index contributed by atoms with van der Waals surface area (Å²) in [6, 6.07) is 6.07. The van der Waals surface area contributed by atoms with Crippen molar-refractivity contribution >= 4 is 6.03 Å². The lowest BCUT2D eigenvalue weighted by Gasteiger charge is -2.28. The van der Waals surface area contributed by atoms with Crippen LogP contribution >= 0.6 is 0 Å². The second-order valence-corrected chi connectivity index (χ2v) is 4.87. The largest absolute Gasteiger partial charge is 0.336 e. The molecule has 1 atom stereocenters. The smallest absolute Gasteiger partial charge is 0.315 e. The third-order valence-electron chi connectivity index (χ3n) is 3.67. The minimum absolute atomic E-state index is 0.0508. The number of urea groups is 1. The van der Waals surface area contributed by atoms with E-state index >= 15 is 0 Å². The Morgan fingerprint density at radius 1 is 1.47 bits per heavy atom. The van der Waals surface area contributed by atoms with Gasteiger partial charge in [-0.15, -0.1) is 0 Å². The molecule has 0 saturated heterocycles. The normalized spacial score (nSPS) is 17.7. The van der Waals surface area contributed by atoms with E-state index in [2.05, 4.69) is 35.8 Å². The quantitative estimate of drug-likeness (QED) is 0.862. The lowest BCUT2D eigenvalue weighted by molar-refractivity contribution is 0.234. The summed E-state index contributed by atoms with van der Waals surface area (Å²) in [5.41, 5.74) is 3.97. The summed E-state index contributed by atoms with van der Waals surface area (Å²) in [7, 11) is 0. The van der Waals surface area contributed by atoms with Crippen LogP contribution in [-0.2, 0) is 12.8 Å². The Morgan fingerprint density at radius 3 is 3.05 bits per heavy atom. The van der Waals surface area contributed by atoms with Crippen LogP contribution < -0.4 is 10.6 Å². The van der Waals surface area contributed by atoms with Crippen molar-refractivity contribution in [2.45, 2.75) is 38.6 Å². The predicted octanol–water partition coefficient (Wildman–Crippen LogP) is 2.90. The van der Waals surface area contributed by atoms with Crippen molar-refractivity contribution in [2.75, 3.05) is 13.2 Å². The molecule has 4 heteroatoms. The molecule has 2 rings (SSSR count). The van der Waals surface area contributed by atoms with Gasteiger partial charge in [0.2, 0.25) is 0 Å². The van der Waals surface area contributed by atoms with Crippen LogP contribution in [0.1, 0.15) is 42.5 Å². The number of halogens is 1. The molecule has 1 aromatic carbocycles. The van der Waals surface area contributed by atoms with E-state index in [1.807, 2.05) is 0 Å². The van der Waals surface area contributed by atoms with Crippen LogP contribution in [0.15, 0.2) is 18.2 Å². The van der Waals surface area contributed by atoms with Gasteiger partial charge < -0.3 is 10.6 Å². The first-order chi connectivity index (χ1) is 9.26. The number of fused-ring (bicyclic) bond motifs is 1. The molecule has 0 heterocycles. The molecule has 1 unspecified atom stereocenters. The standard InChI is InChI=1S/C15H21FN2O/c1-2-11-5-3-7-13-12(11)6-4-8-14(13)18-15(19)17-10-9-16/h3,5,7,14H,2,4,6,8-10H2,1H3,(H2,17,18,19). The van der Waals surface area contributed by atoms with E-state index in [-0.39, 0.29) is 18.6 Å². The SMILES string of the molecule is CCc1cccc2c1CCCC2NC(=O)NCCF. The van der Waals surface area contributed by atoms with Crippen molar-refractivity contribution < 1.29 is 9.18 Å². The number of benzene rings is 1. The van der Waals surface area contributed by atoms with Gasteiger partial charge in [-0.1, -0.05) is 25.1 Å². The molecular weight excluding hydrogens is 243 g/mol. The minimum Gasteiger partial charge on any atom is -0.336 e. The summed E-state index contributed by atoms with van der Waals surface area (Å²) < 4.78 is 12.0. The summed E-state index contributed by atoms with van der Waals surface area (Å²) in [5.74, 6) is 0. The highest BCUT2D eigenvalue weighted by Gasteiger charge is 2.22. The van der Waals surface area contributed by atoms with Gasteiger partial charge in [-0.2, -0.15) is 0 Å². The Bertz CT molecular complexity index is 448. The van der Waals surface area contributed by atoms with Crippen LogP contribution in [0.25, 0.3) is 0 Å². The number of nitrogens with one attached hydrogen (secondary N) is 2. The summed E-state index contributed by atoms with van der Waals surface area (Å²) in [6.07, 6.45) is 4.13. The van der Waals surface area contributed by atoms with Crippen molar-refractivity contribution in [3.8, 4) is 0 Å². The van der Waals surface area contributed by atoms with Crippen molar-refractivity contribution in [1.29, 1.82) is 0 Å². The van der Waals surface area contributed by atoms with Gasteiger partial charge in [0.1, 0.15) is 6.67 Å². The van der Waals surface area contributed by atoms with Crippen LogP contribution in [0, 0.1) is 0 Å². The number of carbonyl (C=O) groups is 1. The molecule has 0 fully saturated rings. The van der Waals surface area contributed by atoms with Gasteiger partial charge >= 0.3 is 6.03 Å². The molecule has 1 aliphatic carbocycles. The Kier molecular flexibility index (Phi) is 4.77. The molecule has 104 valence electrons. The molecular formula is C15H21FN2O. The monoisotopic (exact) mass is 264 g/mol. The number of hydrogen-bond donors (Lipinski definition) is 2. The average Bonchev–Trinajstić information content (AvgIpc) is 2.45. The second-order valence-electron chi connectivity index (χ2n) is 4.87. The lowest BCUT2D eigenvalue weighted by Crippen LogP contribution is -2.40. The fraction of sp³-hybridized carbons (Fsp3) is 0.533. The highest BCUT2D eigenvalue weighted by atomic mass is 19.1. The maximum atomic E-state index is 12.0. The first kappa shape index (κ1) is 13.8. The Labute approximate surface area is 113 Å². The van der Waals surface area contributed by atoms with Crippen LogP contribution in [0.2, 0.25) is 0 Å². The van der Waals surface area contributed by atoms with Crippen LogP contribution in [-0.4, -0.2) is 19.3 Å². The molecule has 0 bridgehead atoms. The minimum atomic E-state index is -0.533. The molecule has 0 aromatic heterocycles. The van der Waals surface area contributed by atoms with Crippen molar-refractivity contribution in [1.82, 2.24) is 10.6 Å². The zero-order chi connectivity index (χ0) is 13.7. The van der Waals surface area contributed by atoms with Crippen LogP contribution in [0.5, 0.6) is 0 Å². The van der Waals surface area contributed by atoms with Gasteiger partial charge in [0.25, 0.3) is 0 Å². The summed E-state index contributed by atoms with van der Waals surface area (Å²) in [5, 5.41) is 5.46. The number of aryl methyl sites for hydroxylation is 1. The van der Waals surface area contributed by atoms with E-state index in [1.54, 1.807) is 0 Å². The lowest BCUT2D eigenvalue weighted by atomic mass is 9.84. The molecule has 0 spiro atoms. The third kappa shape index (κ3) is 3.25. The molecule has 0 saturated carbocycles. The molecule has 2 amide bonds. The molecule has 1 aromatic rings. The van der Waals surface area contributed by atoms with Crippen molar-refractivity contribution in [3.63, 3.8) is 0 Å². The summed E-state index contributed by atoms with van der Waals surface area (Å²) >= 11 is 0. The van der Waals surface area contributed by atoms with E-state index in [0.29, 0.717) is 0 Å². The first-order valence-electron chi connectivity index (χ1n) is 6.97. The Hall–Kier alpha value is -1.58. The molecule has 19 heavy (non-hydrogen) atoms. The highest BCUT2D eigenvalue weighted by Crippen LogP contribution is 2.31. The van der Waals surface area contributed by atoms with Gasteiger partial charge in [0.05, 0.1) is 6.04 Å². The topological polar surface area (TPSA) is 41.1 Å². The van der Waals surface area contributed by atoms with Crippen molar-refractivity contribution in [2.24, 2.45) is 0 Å². The van der Waals surface area contributed by atoms with Gasteiger partial charge in [-0.05, 0) is 42.4 Å². The van der Waals surface area contributed by atoms with Gasteiger partial charge in [-0.25, -0.2) is 9.18 Å². The fourth-order valence-electron chi connectivity index (χ4n) is 2.78. The number of carbonyl (C=O) groups excluding carboxylic acids is 1. The van der Waals surface area contributed by atoms with E-state index in [4.69, 9.17) is 0 Å². The van der Waals surface area contributed by atoms with Gasteiger partial charge in [0, 0.05) is 6.54 Å². The zero-order valence-electron chi connectivity index (χ0n) is 11.3. The number of amides is 2. The molecule has 3 nitrogen and oxygen atoms in total. The zero-order valence-corrected chi connectivity index (χ0v) is 11.3. The Morgan fingerprint density at radius 2 is 2.32 bits per heavy atom. The van der Waals surface area contributed by atoms with Crippen molar-refractivity contribution in [3.05, 3.63) is 34.9 Å². The molecule has 1 aliphatic rings. The van der Waals surface area contributed by atoms with Gasteiger partial charge in [0.15, 0.2) is 0 Å². The number of rotatable bonds is 4. The molecule has 0 aliphatic heterocycles. The molecule has 2 N–H and O–H groups in total. The Balaban J connectivity index is 2.11. The number of hydrogen-bond acceptors (Lipinski definition) is 1. The fourth-order valence-corrected chi connectivity index (χ4v) is 2.78. The van der Waals surface area contributed by atoms with Crippen LogP contribution in [0.3, 0.4) is 0 Å². The van der Waals surface area contributed by atoms with E-state index < -0.39 is 6.67 Å². The third-order valence-corrected chi connectivity index (χ3v) is 3.67. The average molecular weight is 264 g/mol. The first-order valence-corrected chi connectivity index (χ1v) is 6.97. The van der Waals surface area contributed by atoms with E-state index in [0.717, 1.165) is 25.7 Å². The number of alkyl halides is 1. The summed E-state index contributed by atoms with van der Waals surface area (Å²) in [6.45, 7) is 1.69. The molecule has 0 radical (unpaired) electrons. The van der Waals surface area contributed by atoms with E-state index in [1.165, 1.54) is 16.7 Å². The van der Waals surface area contributed by atoms with Crippen LogP contribution in [0.4, 0.5) is 9.18 Å². The predicted molar refractivity (Wildman–Crippen MR) is 74.0 cm³/mol. The maximum absolute atomic E-state index is 12.0. The maximum Gasteiger partial charge on any atom is 0.315 e. The van der Waals surface area contributed by atoms with Gasteiger partial charge in [-0.3, -0.25) is 0 Å². The van der Waals surface area contributed by atoms with E-state index in [9.17, 15) is 9.18 Å². The highest BCUT2D eigenvalue weighted by molar-refractivity contribution is 5.74. The second kappa shape index (κ2) is 6.55. The summed E-state index contributed by atoms with van der Waals surface area (Å²) in [4.78, 5) is 11.6.